The van der Waals surface area contributed by atoms with Crippen LogP contribution in [0.3, 0.4) is 0 Å². The van der Waals surface area contributed by atoms with E-state index in [0.29, 0.717) is 16.6 Å². The highest BCUT2D eigenvalue weighted by Crippen LogP contribution is 2.37. The highest BCUT2D eigenvalue weighted by molar-refractivity contribution is 7.80. The predicted molar refractivity (Wildman–Crippen MR) is 109 cm³/mol. The van der Waals surface area contributed by atoms with Crippen LogP contribution >= 0.6 is 35.8 Å². The molecule has 0 unspecified atom stereocenters. The lowest BCUT2D eigenvalue weighted by Gasteiger charge is -2.26. The van der Waals surface area contributed by atoms with Crippen LogP contribution in [0.15, 0.2) is 30.6 Å². The molecule has 2 aromatic rings. The van der Waals surface area contributed by atoms with Crippen molar-refractivity contribution in [3.05, 3.63) is 51.8 Å². The number of thiol groups is 1. The van der Waals surface area contributed by atoms with Crippen LogP contribution in [-0.4, -0.2) is 24.4 Å². The third-order valence-corrected chi connectivity index (χ3v) is 5.36. The van der Waals surface area contributed by atoms with Gasteiger partial charge < -0.3 is 9.64 Å². The minimum absolute atomic E-state index is 0.586. The second kappa shape index (κ2) is 8.52. The second-order valence-corrected chi connectivity index (χ2v) is 7.63. The third kappa shape index (κ3) is 4.75. The SMILES string of the molecule is COc1ccc(N(CCS)Cc2c(Cl)cncc2Cl)cc1CC1CC1. The van der Waals surface area contributed by atoms with Crippen molar-refractivity contribution < 1.29 is 4.74 Å². The maximum Gasteiger partial charge on any atom is 0.122 e. The number of methoxy groups -OCH3 is 1. The van der Waals surface area contributed by atoms with E-state index in [1.165, 1.54) is 18.4 Å². The van der Waals surface area contributed by atoms with Gasteiger partial charge in [-0.05, 0) is 48.9 Å². The normalized spacial score (nSPS) is 13.8. The van der Waals surface area contributed by atoms with Crippen molar-refractivity contribution in [2.24, 2.45) is 5.92 Å². The fraction of sp³-hybridized carbons (Fsp3) is 0.421. The van der Waals surface area contributed by atoms with Crippen LogP contribution in [0, 0.1) is 5.92 Å². The predicted octanol–water partition coefficient (Wildman–Crippen LogP) is 5.29. The summed E-state index contributed by atoms with van der Waals surface area (Å²) in [6.07, 6.45) is 6.97. The molecule has 0 atom stereocenters. The Morgan fingerprint density at radius 1 is 1.24 bits per heavy atom. The standard InChI is InChI=1S/C19H22Cl2N2OS/c1-24-19-5-4-15(9-14(19)8-13-2-3-13)23(6-7-25)12-16-17(20)10-22-11-18(16)21/h4-5,9-11,13,25H,2-3,6-8,12H2,1H3. The van der Waals surface area contributed by atoms with Crippen molar-refractivity contribution >= 4 is 41.5 Å². The van der Waals surface area contributed by atoms with Gasteiger partial charge in [0.1, 0.15) is 5.75 Å². The summed E-state index contributed by atoms with van der Waals surface area (Å²) in [6.45, 7) is 1.42. The van der Waals surface area contributed by atoms with Gasteiger partial charge in [0.2, 0.25) is 0 Å². The maximum absolute atomic E-state index is 6.30. The van der Waals surface area contributed by atoms with Gasteiger partial charge in [-0.2, -0.15) is 12.6 Å². The Kier molecular flexibility index (Phi) is 6.37. The number of aromatic nitrogens is 1. The van der Waals surface area contributed by atoms with E-state index < -0.39 is 0 Å². The van der Waals surface area contributed by atoms with E-state index in [4.69, 9.17) is 27.9 Å². The quantitative estimate of drug-likeness (QED) is 0.613. The van der Waals surface area contributed by atoms with Crippen LogP contribution < -0.4 is 9.64 Å². The van der Waals surface area contributed by atoms with Gasteiger partial charge in [-0.3, -0.25) is 4.98 Å². The molecule has 6 heteroatoms. The van der Waals surface area contributed by atoms with Crippen molar-refractivity contribution in [1.82, 2.24) is 4.98 Å². The lowest BCUT2D eigenvalue weighted by Crippen LogP contribution is -2.25. The van der Waals surface area contributed by atoms with Gasteiger partial charge in [-0.25, -0.2) is 0 Å². The Hall–Kier alpha value is -1.10. The highest BCUT2D eigenvalue weighted by Gasteiger charge is 2.23. The molecule has 1 fully saturated rings. The first-order valence-corrected chi connectivity index (χ1v) is 9.81. The van der Waals surface area contributed by atoms with Crippen molar-refractivity contribution in [2.75, 3.05) is 24.3 Å². The first kappa shape index (κ1) is 18.7. The Morgan fingerprint density at radius 2 is 1.96 bits per heavy atom. The Balaban J connectivity index is 1.89. The first-order valence-electron chi connectivity index (χ1n) is 8.43. The fourth-order valence-corrected chi connectivity index (χ4v) is 3.68. The van der Waals surface area contributed by atoms with Gasteiger partial charge in [0.05, 0.1) is 17.2 Å². The molecule has 0 aliphatic heterocycles. The summed E-state index contributed by atoms with van der Waals surface area (Å²) in [5.41, 5.74) is 3.28. The number of benzene rings is 1. The van der Waals surface area contributed by atoms with Crippen molar-refractivity contribution in [3.63, 3.8) is 0 Å². The van der Waals surface area contributed by atoms with Gasteiger partial charge in [0, 0.05) is 42.5 Å². The van der Waals surface area contributed by atoms with E-state index in [2.05, 4.69) is 34.6 Å². The number of pyridine rings is 1. The van der Waals surface area contributed by atoms with E-state index in [1.54, 1.807) is 19.5 Å². The summed E-state index contributed by atoms with van der Waals surface area (Å²) >= 11 is 17.0. The monoisotopic (exact) mass is 396 g/mol. The van der Waals surface area contributed by atoms with Gasteiger partial charge in [0.15, 0.2) is 0 Å². The molecule has 0 saturated heterocycles. The number of rotatable bonds is 8. The van der Waals surface area contributed by atoms with Gasteiger partial charge in [-0.15, -0.1) is 0 Å². The molecule has 1 aromatic carbocycles. The Labute approximate surface area is 164 Å². The van der Waals surface area contributed by atoms with Crippen molar-refractivity contribution in [3.8, 4) is 5.75 Å². The highest BCUT2D eigenvalue weighted by atomic mass is 35.5. The third-order valence-electron chi connectivity index (χ3n) is 4.51. The average molecular weight is 397 g/mol. The van der Waals surface area contributed by atoms with E-state index in [-0.39, 0.29) is 0 Å². The zero-order chi connectivity index (χ0) is 17.8. The molecule has 0 spiro atoms. The molecule has 134 valence electrons. The summed E-state index contributed by atoms with van der Waals surface area (Å²) < 4.78 is 5.54. The van der Waals surface area contributed by atoms with E-state index >= 15 is 0 Å². The largest absolute Gasteiger partial charge is 0.496 e. The summed E-state index contributed by atoms with van der Waals surface area (Å²) in [7, 11) is 1.73. The molecule has 25 heavy (non-hydrogen) atoms. The summed E-state index contributed by atoms with van der Waals surface area (Å²) in [4.78, 5) is 6.28. The lowest BCUT2D eigenvalue weighted by atomic mass is 10.1. The molecular formula is C19H22Cl2N2OS. The number of anilines is 1. The van der Waals surface area contributed by atoms with Crippen LogP contribution in [0.2, 0.25) is 10.0 Å². The molecule has 0 radical (unpaired) electrons. The second-order valence-electron chi connectivity index (χ2n) is 6.37. The summed E-state index contributed by atoms with van der Waals surface area (Å²) in [5, 5.41) is 1.17. The molecule has 3 nitrogen and oxygen atoms in total. The molecule has 1 aliphatic rings. The molecule has 0 bridgehead atoms. The topological polar surface area (TPSA) is 25.4 Å². The number of halogens is 2. The molecule has 0 N–H and O–H groups in total. The molecule has 1 aliphatic carbocycles. The van der Waals surface area contributed by atoms with Crippen LogP contribution in [-0.2, 0) is 13.0 Å². The summed E-state index contributed by atoms with van der Waals surface area (Å²) in [6, 6.07) is 6.36. The smallest absolute Gasteiger partial charge is 0.122 e. The van der Waals surface area contributed by atoms with Crippen molar-refractivity contribution in [2.45, 2.75) is 25.8 Å². The van der Waals surface area contributed by atoms with Crippen LogP contribution in [0.5, 0.6) is 5.75 Å². The Morgan fingerprint density at radius 3 is 2.56 bits per heavy atom. The average Bonchev–Trinajstić information content (AvgIpc) is 3.41. The zero-order valence-electron chi connectivity index (χ0n) is 14.2. The first-order chi connectivity index (χ1) is 12.1. The molecule has 0 amide bonds. The van der Waals surface area contributed by atoms with E-state index in [1.807, 2.05) is 6.07 Å². The molecule has 1 aromatic heterocycles. The van der Waals surface area contributed by atoms with Gasteiger partial charge in [0.25, 0.3) is 0 Å². The van der Waals surface area contributed by atoms with E-state index in [9.17, 15) is 0 Å². The van der Waals surface area contributed by atoms with E-state index in [0.717, 1.165) is 41.6 Å². The maximum atomic E-state index is 6.30. The number of hydrogen-bond donors (Lipinski definition) is 1. The van der Waals surface area contributed by atoms with Crippen molar-refractivity contribution in [1.29, 1.82) is 0 Å². The molecular weight excluding hydrogens is 375 g/mol. The number of hydrogen-bond acceptors (Lipinski definition) is 4. The van der Waals surface area contributed by atoms with Gasteiger partial charge >= 0.3 is 0 Å². The molecule has 3 rings (SSSR count). The minimum atomic E-state index is 0.586. The molecule has 1 saturated carbocycles. The number of ether oxygens (including phenoxy) is 1. The summed E-state index contributed by atoms with van der Waals surface area (Å²) in [5.74, 6) is 2.50. The van der Waals surface area contributed by atoms with Crippen LogP contribution in [0.25, 0.3) is 0 Å². The molecule has 1 heterocycles. The van der Waals surface area contributed by atoms with Gasteiger partial charge in [-0.1, -0.05) is 23.2 Å². The zero-order valence-corrected chi connectivity index (χ0v) is 16.6. The number of nitrogens with zero attached hydrogens (tertiary/aromatic N) is 2. The van der Waals surface area contributed by atoms with Crippen LogP contribution in [0.4, 0.5) is 5.69 Å². The Bertz CT molecular complexity index is 717. The van der Waals surface area contributed by atoms with Crippen LogP contribution in [0.1, 0.15) is 24.0 Å². The lowest BCUT2D eigenvalue weighted by molar-refractivity contribution is 0.408. The minimum Gasteiger partial charge on any atom is -0.496 e. The fourth-order valence-electron chi connectivity index (χ4n) is 2.95.